The SMILES string of the molecule is CC.CCNC(=O)c1cc(C)cc(OC)c1. The summed E-state index contributed by atoms with van der Waals surface area (Å²) in [4.78, 5) is 11.5. The van der Waals surface area contributed by atoms with Crippen molar-refractivity contribution in [2.45, 2.75) is 27.7 Å². The molecule has 0 atom stereocenters. The van der Waals surface area contributed by atoms with Crippen LogP contribution in [0.4, 0.5) is 0 Å². The van der Waals surface area contributed by atoms with Gasteiger partial charge in [-0.05, 0) is 37.6 Å². The number of nitrogens with one attached hydrogen (secondary N) is 1. The van der Waals surface area contributed by atoms with Crippen molar-refractivity contribution in [1.82, 2.24) is 5.32 Å². The van der Waals surface area contributed by atoms with E-state index in [1.54, 1.807) is 13.2 Å². The molecule has 0 aliphatic rings. The number of amides is 1. The van der Waals surface area contributed by atoms with Crippen LogP contribution < -0.4 is 10.1 Å². The molecular formula is C13H21NO2. The number of carbonyl (C=O) groups is 1. The first kappa shape index (κ1) is 14.5. The minimum atomic E-state index is -0.0606. The van der Waals surface area contributed by atoms with Gasteiger partial charge >= 0.3 is 0 Å². The Morgan fingerprint density at radius 3 is 2.44 bits per heavy atom. The zero-order valence-electron chi connectivity index (χ0n) is 10.8. The minimum Gasteiger partial charge on any atom is -0.497 e. The van der Waals surface area contributed by atoms with Crippen molar-refractivity contribution in [3.05, 3.63) is 29.3 Å². The van der Waals surface area contributed by atoms with Gasteiger partial charge < -0.3 is 10.1 Å². The van der Waals surface area contributed by atoms with Crippen LogP contribution in [0.1, 0.15) is 36.7 Å². The molecule has 3 nitrogen and oxygen atoms in total. The molecule has 1 N–H and O–H groups in total. The van der Waals surface area contributed by atoms with Gasteiger partial charge in [0.1, 0.15) is 5.75 Å². The monoisotopic (exact) mass is 223 g/mol. The molecule has 0 aliphatic carbocycles. The van der Waals surface area contributed by atoms with E-state index in [1.807, 2.05) is 39.8 Å². The van der Waals surface area contributed by atoms with Crippen LogP contribution in [0.5, 0.6) is 5.75 Å². The zero-order valence-corrected chi connectivity index (χ0v) is 10.8. The fourth-order valence-electron chi connectivity index (χ4n) is 1.26. The molecule has 0 aliphatic heterocycles. The molecule has 16 heavy (non-hydrogen) atoms. The lowest BCUT2D eigenvalue weighted by molar-refractivity contribution is 0.0955. The second-order valence-electron chi connectivity index (χ2n) is 3.10. The molecule has 1 amide bonds. The predicted octanol–water partition coefficient (Wildman–Crippen LogP) is 2.78. The molecule has 90 valence electrons. The quantitative estimate of drug-likeness (QED) is 0.855. The van der Waals surface area contributed by atoms with Crippen molar-refractivity contribution in [2.24, 2.45) is 0 Å². The van der Waals surface area contributed by atoms with E-state index in [0.717, 1.165) is 5.56 Å². The molecule has 1 aromatic carbocycles. The van der Waals surface area contributed by atoms with Crippen LogP contribution in [0, 0.1) is 6.92 Å². The Balaban J connectivity index is 0.00000106. The molecule has 0 saturated heterocycles. The maximum atomic E-state index is 11.5. The summed E-state index contributed by atoms with van der Waals surface area (Å²) in [7, 11) is 1.59. The average molecular weight is 223 g/mol. The number of carbonyl (C=O) groups excluding carboxylic acids is 1. The summed E-state index contributed by atoms with van der Waals surface area (Å²) in [6, 6.07) is 5.47. The minimum absolute atomic E-state index is 0.0606. The highest BCUT2D eigenvalue weighted by molar-refractivity contribution is 5.94. The fourth-order valence-corrected chi connectivity index (χ4v) is 1.26. The van der Waals surface area contributed by atoms with Gasteiger partial charge in [-0.3, -0.25) is 4.79 Å². The third-order valence-electron chi connectivity index (χ3n) is 1.89. The molecule has 0 fully saturated rings. The molecule has 0 spiro atoms. The van der Waals surface area contributed by atoms with Crippen LogP contribution in [0.15, 0.2) is 18.2 Å². The van der Waals surface area contributed by atoms with Gasteiger partial charge in [-0.25, -0.2) is 0 Å². The maximum Gasteiger partial charge on any atom is 0.251 e. The van der Waals surface area contributed by atoms with Crippen LogP contribution in [0.2, 0.25) is 0 Å². The van der Waals surface area contributed by atoms with E-state index in [2.05, 4.69) is 5.32 Å². The summed E-state index contributed by atoms with van der Waals surface area (Å²) >= 11 is 0. The van der Waals surface area contributed by atoms with Gasteiger partial charge in [0.2, 0.25) is 0 Å². The zero-order chi connectivity index (χ0) is 12.6. The van der Waals surface area contributed by atoms with Crippen molar-refractivity contribution in [1.29, 1.82) is 0 Å². The van der Waals surface area contributed by atoms with E-state index in [-0.39, 0.29) is 5.91 Å². The molecule has 3 heteroatoms. The first-order valence-corrected chi connectivity index (χ1v) is 5.61. The highest BCUT2D eigenvalue weighted by Crippen LogP contribution is 2.16. The molecule has 0 heterocycles. The maximum absolute atomic E-state index is 11.5. The Hall–Kier alpha value is -1.51. The van der Waals surface area contributed by atoms with Gasteiger partial charge in [-0.15, -0.1) is 0 Å². The Morgan fingerprint density at radius 2 is 1.94 bits per heavy atom. The Morgan fingerprint density at radius 1 is 1.31 bits per heavy atom. The van der Waals surface area contributed by atoms with Crippen LogP contribution in [0.3, 0.4) is 0 Å². The van der Waals surface area contributed by atoms with E-state index < -0.39 is 0 Å². The molecule has 0 aromatic heterocycles. The van der Waals surface area contributed by atoms with E-state index >= 15 is 0 Å². The van der Waals surface area contributed by atoms with E-state index in [9.17, 15) is 4.79 Å². The average Bonchev–Trinajstić information content (AvgIpc) is 2.31. The number of benzene rings is 1. The van der Waals surface area contributed by atoms with E-state index in [1.165, 1.54) is 0 Å². The van der Waals surface area contributed by atoms with Crippen molar-refractivity contribution < 1.29 is 9.53 Å². The number of aryl methyl sites for hydroxylation is 1. The summed E-state index contributed by atoms with van der Waals surface area (Å²) in [6.07, 6.45) is 0. The first-order valence-electron chi connectivity index (χ1n) is 5.61. The standard InChI is InChI=1S/C11H15NO2.C2H6/c1-4-12-11(13)9-5-8(2)6-10(7-9)14-3;1-2/h5-7H,4H2,1-3H3,(H,12,13);1-2H3. The Labute approximate surface area is 97.8 Å². The third-order valence-corrected chi connectivity index (χ3v) is 1.89. The predicted molar refractivity (Wildman–Crippen MR) is 67.1 cm³/mol. The van der Waals surface area contributed by atoms with Gasteiger partial charge in [0.05, 0.1) is 7.11 Å². The Kier molecular flexibility index (Phi) is 7.01. The number of methoxy groups -OCH3 is 1. The second kappa shape index (κ2) is 7.74. The summed E-state index contributed by atoms with van der Waals surface area (Å²) in [5, 5.41) is 2.75. The highest BCUT2D eigenvalue weighted by atomic mass is 16.5. The second-order valence-corrected chi connectivity index (χ2v) is 3.10. The van der Waals surface area contributed by atoms with Gasteiger partial charge in [-0.1, -0.05) is 13.8 Å². The van der Waals surface area contributed by atoms with Crippen LogP contribution >= 0.6 is 0 Å². The van der Waals surface area contributed by atoms with Crippen molar-refractivity contribution in [2.75, 3.05) is 13.7 Å². The van der Waals surface area contributed by atoms with Crippen molar-refractivity contribution >= 4 is 5.91 Å². The summed E-state index contributed by atoms with van der Waals surface area (Å²) < 4.78 is 5.08. The highest BCUT2D eigenvalue weighted by Gasteiger charge is 2.06. The van der Waals surface area contributed by atoms with Crippen LogP contribution in [-0.2, 0) is 0 Å². The molecular weight excluding hydrogens is 202 g/mol. The summed E-state index contributed by atoms with van der Waals surface area (Å²) in [6.45, 7) is 8.46. The lowest BCUT2D eigenvalue weighted by Gasteiger charge is -2.06. The summed E-state index contributed by atoms with van der Waals surface area (Å²) in [5.41, 5.74) is 1.66. The molecule has 0 bridgehead atoms. The molecule has 1 aromatic rings. The van der Waals surface area contributed by atoms with E-state index in [4.69, 9.17) is 4.74 Å². The normalized spacial score (nSPS) is 8.81. The third kappa shape index (κ3) is 4.34. The molecule has 0 unspecified atom stereocenters. The fraction of sp³-hybridized carbons (Fsp3) is 0.462. The molecule has 0 saturated carbocycles. The van der Waals surface area contributed by atoms with Gasteiger partial charge in [0.25, 0.3) is 5.91 Å². The number of hydrogen-bond donors (Lipinski definition) is 1. The smallest absolute Gasteiger partial charge is 0.251 e. The lowest BCUT2D eigenvalue weighted by atomic mass is 10.1. The summed E-state index contributed by atoms with van der Waals surface area (Å²) in [5.74, 6) is 0.653. The van der Waals surface area contributed by atoms with Gasteiger partial charge in [0, 0.05) is 12.1 Å². The number of rotatable bonds is 3. The number of hydrogen-bond acceptors (Lipinski definition) is 2. The van der Waals surface area contributed by atoms with Crippen LogP contribution in [0.25, 0.3) is 0 Å². The van der Waals surface area contributed by atoms with Crippen LogP contribution in [-0.4, -0.2) is 19.6 Å². The topological polar surface area (TPSA) is 38.3 Å². The van der Waals surface area contributed by atoms with Gasteiger partial charge in [0.15, 0.2) is 0 Å². The molecule has 1 rings (SSSR count). The first-order chi connectivity index (χ1) is 7.67. The van der Waals surface area contributed by atoms with E-state index in [0.29, 0.717) is 17.9 Å². The Bertz CT molecular complexity index is 335. The largest absolute Gasteiger partial charge is 0.497 e. The van der Waals surface area contributed by atoms with Gasteiger partial charge in [-0.2, -0.15) is 0 Å². The van der Waals surface area contributed by atoms with Crippen molar-refractivity contribution in [3.8, 4) is 5.75 Å². The number of ether oxygens (including phenoxy) is 1. The molecule has 0 radical (unpaired) electrons. The van der Waals surface area contributed by atoms with Crippen molar-refractivity contribution in [3.63, 3.8) is 0 Å². The lowest BCUT2D eigenvalue weighted by Crippen LogP contribution is -2.22.